The number of hydrogen-bond donors (Lipinski definition) is 4. The molecule has 2 amide bonds. The van der Waals surface area contributed by atoms with E-state index in [1.807, 2.05) is 0 Å². The average Bonchev–Trinajstić information content (AvgIpc) is 3.42. The maximum atomic E-state index is 13.5. The largest absolute Gasteiger partial charge is 0.492 e. The molecule has 14 nitrogen and oxygen atoms in total. The molecule has 0 radical (unpaired) electrons. The number of carboxylic acid groups (broad SMARTS) is 4. The number of carbonyl (C=O) groups excluding carboxylic acids is 2. The van der Waals surface area contributed by atoms with Crippen molar-refractivity contribution in [3.05, 3.63) is 47.5 Å². The Labute approximate surface area is 268 Å². The van der Waals surface area contributed by atoms with Gasteiger partial charge in [0, 0.05) is 53.6 Å². The van der Waals surface area contributed by atoms with Gasteiger partial charge in [0.05, 0.1) is 13.2 Å². The summed E-state index contributed by atoms with van der Waals surface area (Å²) in [5.74, 6) is -3.22. The lowest BCUT2D eigenvalue weighted by Crippen LogP contribution is -2.53. The summed E-state index contributed by atoms with van der Waals surface area (Å²) in [5.41, 5.74) is -2.68. The molecular formula is C33H34N2O12. The number of ketones is 2. The van der Waals surface area contributed by atoms with E-state index >= 15 is 0 Å². The second-order valence-electron chi connectivity index (χ2n) is 12.9. The van der Waals surface area contributed by atoms with Gasteiger partial charge < -0.3 is 29.9 Å². The highest BCUT2D eigenvalue weighted by molar-refractivity contribution is 6.03. The van der Waals surface area contributed by atoms with Gasteiger partial charge in [-0.2, -0.15) is 0 Å². The van der Waals surface area contributed by atoms with E-state index < -0.39 is 59.6 Å². The fraction of sp³-hybridized carbons (Fsp3) is 0.455. The van der Waals surface area contributed by atoms with Crippen LogP contribution in [0.25, 0.3) is 11.1 Å². The number of rotatable bonds is 8. The molecule has 4 N–H and O–H groups in total. The maximum absolute atomic E-state index is 13.5. The SMILES string of the molecule is O=C(CC1(C(=O)O)CCCN1C(=O)O)c1ccc2c(c1)OCC1(CC1)COc1cc(C(=O)CC3(C(=O)O)CCCN3C(=O)O)ccc1-2. The molecule has 47 heavy (non-hydrogen) atoms. The van der Waals surface area contributed by atoms with Gasteiger partial charge in [0.2, 0.25) is 0 Å². The third kappa shape index (κ3) is 5.51. The van der Waals surface area contributed by atoms with Crippen LogP contribution in [0.5, 0.6) is 11.5 Å². The highest BCUT2D eigenvalue weighted by Crippen LogP contribution is 2.49. The second kappa shape index (κ2) is 11.6. The van der Waals surface area contributed by atoms with E-state index in [9.17, 15) is 49.2 Å². The minimum atomic E-state index is -1.87. The molecule has 3 fully saturated rings. The van der Waals surface area contributed by atoms with Crippen molar-refractivity contribution in [2.24, 2.45) is 5.41 Å². The number of Topliss-reactive ketones (excluding diaryl/α,β-unsaturated/α-hetero) is 2. The second-order valence-corrected chi connectivity index (χ2v) is 12.9. The summed E-state index contributed by atoms with van der Waals surface area (Å²) < 4.78 is 12.5. The Hall–Kier alpha value is -5.14. The normalized spacial score (nSPS) is 24.1. The Balaban J connectivity index is 1.33. The van der Waals surface area contributed by atoms with Crippen LogP contribution >= 0.6 is 0 Å². The average molecular weight is 651 g/mol. The van der Waals surface area contributed by atoms with E-state index in [1.165, 1.54) is 24.3 Å². The molecule has 248 valence electrons. The third-order valence-corrected chi connectivity index (χ3v) is 10.1. The van der Waals surface area contributed by atoms with Gasteiger partial charge in [-0.05, 0) is 62.8 Å². The molecule has 2 unspecified atom stereocenters. The first kappa shape index (κ1) is 31.8. The van der Waals surface area contributed by atoms with E-state index in [2.05, 4.69) is 0 Å². The zero-order valence-corrected chi connectivity index (χ0v) is 25.4. The minimum Gasteiger partial charge on any atom is -0.492 e. The highest BCUT2D eigenvalue weighted by Gasteiger charge is 2.53. The highest BCUT2D eigenvalue weighted by atomic mass is 16.5. The molecule has 0 aromatic heterocycles. The van der Waals surface area contributed by atoms with Crippen LogP contribution in [0.1, 0.15) is 72.1 Å². The Bertz CT molecular complexity index is 1580. The van der Waals surface area contributed by atoms with Gasteiger partial charge in [-0.3, -0.25) is 19.4 Å². The van der Waals surface area contributed by atoms with Crippen molar-refractivity contribution in [2.45, 2.75) is 62.4 Å². The molecule has 1 aliphatic carbocycles. The molecule has 0 bridgehead atoms. The van der Waals surface area contributed by atoms with E-state index in [-0.39, 0.29) is 55.7 Å². The van der Waals surface area contributed by atoms with Gasteiger partial charge in [0.1, 0.15) is 11.5 Å². The van der Waals surface area contributed by atoms with Gasteiger partial charge in [-0.15, -0.1) is 0 Å². The topological polar surface area (TPSA) is 208 Å². The van der Waals surface area contributed by atoms with Crippen molar-refractivity contribution in [1.29, 1.82) is 0 Å². The Morgan fingerprint density at radius 1 is 0.617 bits per heavy atom. The third-order valence-electron chi connectivity index (χ3n) is 10.1. The predicted octanol–water partition coefficient (Wildman–Crippen LogP) is 4.25. The van der Waals surface area contributed by atoms with Crippen LogP contribution in [0, 0.1) is 5.41 Å². The molecule has 3 aliphatic heterocycles. The maximum Gasteiger partial charge on any atom is 0.408 e. The number of nitrogens with zero attached hydrogens (tertiary/aromatic N) is 2. The monoisotopic (exact) mass is 650 g/mol. The molecule has 2 saturated heterocycles. The van der Waals surface area contributed by atoms with Crippen LogP contribution in [0.15, 0.2) is 36.4 Å². The molecule has 2 atom stereocenters. The summed E-state index contributed by atoms with van der Waals surface area (Å²) in [6, 6.07) is 9.27. The first-order valence-corrected chi connectivity index (χ1v) is 15.4. The number of carboxylic acids is 2. The van der Waals surface area contributed by atoms with Crippen LogP contribution in [0.2, 0.25) is 0 Å². The standard InChI is InChI=1S/C33H34N2O12/c36-23(15-32(27(38)39)7-1-11-34(32)29(42)43)19-3-5-21-22-6-4-20(14-26(22)47-18-31(9-10-31)17-46-25(21)13-19)24(37)16-33(28(40)41)8-2-12-35(33)30(44)45/h3-6,13-14H,1-2,7-12,15-18H2,(H,38,39)(H,40,41)(H,42,43)(H,44,45). The fourth-order valence-electron chi connectivity index (χ4n) is 7.06. The molecular weight excluding hydrogens is 616 g/mol. The number of likely N-dealkylation sites (tertiary alicyclic amines) is 2. The van der Waals surface area contributed by atoms with E-state index in [1.54, 1.807) is 12.1 Å². The van der Waals surface area contributed by atoms with Crippen molar-refractivity contribution >= 4 is 35.7 Å². The lowest BCUT2D eigenvalue weighted by Gasteiger charge is -2.32. The van der Waals surface area contributed by atoms with Gasteiger partial charge in [0.15, 0.2) is 22.6 Å². The molecule has 6 rings (SSSR count). The molecule has 1 saturated carbocycles. The first-order valence-electron chi connectivity index (χ1n) is 15.4. The number of ether oxygens (including phenoxy) is 2. The van der Waals surface area contributed by atoms with Crippen LogP contribution < -0.4 is 9.47 Å². The van der Waals surface area contributed by atoms with Crippen LogP contribution in [-0.4, -0.2) is 103 Å². The summed E-state index contributed by atoms with van der Waals surface area (Å²) in [7, 11) is 0. The van der Waals surface area contributed by atoms with E-state index in [4.69, 9.17) is 9.47 Å². The quantitative estimate of drug-likeness (QED) is 0.296. The summed E-state index contributed by atoms with van der Waals surface area (Å²) in [5, 5.41) is 39.2. The molecule has 14 heteroatoms. The summed E-state index contributed by atoms with van der Waals surface area (Å²) >= 11 is 0. The number of carbonyl (C=O) groups is 6. The lowest BCUT2D eigenvalue weighted by atomic mass is 9.87. The Kier molecular flexibility index (Phi) is 7.84. The first-order chi connectivity index (χ1) is 22.3. The fourth-order valence-corrected chi connectivity index (χ4v) is 7.06. The molecule has 2 aromatic carbocycles. The summed E-state index contributed by atoms with van der Waals surface area (Å²) in [4.78, 5) is 76.7. The molecule has 2 aromatic rings. The lowest BCUT2D eigenvalue weighted by molar-refractivity contribution is -0.149. The molecule has 4 aliphatic rings. The zero-order valence-electron chi connectivity index (χ0n) is 25.4. The smallest absolute Gasteiger partial charge is 0.408 e. The van der Waals surface area contributed by atoms with Crippen molar-refractivity contribution in [2.75, 3.05) is 26.3 Å². The molecule has 3 heterocycles. The van der Waals surface area contributed by atoms with E-state index in [0.29, 0.717) is 35.5 Å². The van der Waals surface area contributed by atoms with Gasteiger partial charge in [0.25, 0.3) is 0 Å². The van der Waals surface area contributed by atoms with Crippen molar-refractivity contribution in [1.82, 2.24) is 9.80 Å². The van der Waals surface area contributed by atoms with Crippen LogP contribution in [0.4, 0.5) is 9.59 Å². The molecule has 1 spiro atoms. The minimum absolute atomic E-state index is 0.0119. The number of hydrogen-bond acceptors (Lipinski definition) is 8. The van der Waals surface area contributed by atoms with Crippen LogP contribution in [0.3, 0.4) is 0 Å². The van der Waals surface area contributed by atoms with E-state index in [0.717, 1.165) is 22.6 Å². The van der Waals surface area contributed by atoms with Crippen LogP contribution in [-0.2, 0) is 9.59 Å². The van der Waals surface area contributed by atoms with Crippen molar-refractivity contribution in [3.63, 3.8) is 0 Å². The van der Waals surface area contributed by atoms with Crippen molar-refractivity contribution in [3.8, 4) is 22.6 Å². The summed E-state index contributed by atoms with van der Waals surface area (Å²) in [6.07, 6.45) is -1.61. The number of fused-ring (bicyclic) bond motifs is 3. The van der Waals surface area contributed by atoms with Gasteiger partial charge >= 0.3 is 24.1 Å². The number of benzene rings is 2. The summed E-state index contributed by atoms with van der Waals surface area (Å²) in [6.45, 7) is 0.576. The van der Waals surface area contributed by atoms with Gasteiger partial charge in [-0.25, -0.2) is 19.2 Å². The predicted molar refractivity (Wildman–Crippen MR) is 161 cm³/mol. The Morgan fingerprint density at radius 2 is 1.02 bits per heavy atom. The van der Waals surface area contributed by atoms with Gasteiger partial charge in [-0.1, -0.05) is 12.1 Å². The zero-order chi connectivity index (χ0) is 33.7. The Morgan fingerprint density at radius 3 is 1.36 bits per heavy atom. The number of amides is 2. The van der Waals surface area contributed by atoms with Crippen molar-refractivity contribution < 1.29 is 58.7 Å². The number of aliphatic carboxylic acids is 2.